The molecule has 1 aliphatic rings. The molecule has 31 heavy (non-hydrogen) atoms. The van der Waals surface area contributed by atoms with Gasteiger partial charge in [-0.15, -0.1) is 0 Å². The number of hydrogen-bond donors (Lipinski definition) is 2. The Bertz CT molecular complexity index is 885. The van der Waals surface area contributed by atoms with Gasteiger partial charge in [0.05, 0.1) is 12.2 Å². The molecule has 2 N–H and O–H groups in total. The van der Waals surface area contributed by atoms with Gasteiger partial charge in [0, 0.05) is 36.1 Å². The van der Waals surface area contributed by atoms with Gasteiger partial charge in [-0.1, -0.05) is 13.3 Å². The molecular formula is C23H28F3N3O2. The fourth-order valence-electron chi connectivity index (χ4n) is 3.57. The number of alkyl halides is 3. The molecule has 5 nitrogen and oxygen atoms in total. The average molecular weight is 435 g/mol. The molecule has 168 valence electrons. The van der Waals surface area contributed by atoms with Crippen LogP contribution in [0.5, 0.6) is 5.75 Å². The molecule has 1 aliphatic heterocycles. The van der Waals surface area contributed by atoms with Gasteiger partial charge < -0.3 is 20.3 Å². The minimum absolute atomic E-state index is 0.105. The monoisotopic (exact) mass is 435 g/mol. The number of hydrogen-bond acceptors (Lipinski definition) is 4. The van der Waals surface area contributed by atoms with Crippen LogP contribution in [0.2, 0.25) is 0 Å². The Kier molecular flexibility index (Phi) is 7.43. The number of likely N-dealkylation sites (N-methyl/N-ethyl adjacent to an activating group) is 1. The molecule has 1 heterocycles. The van der Waals surface area contributed by atoms with Gasteiger partial charge in [0.15, 0.2) is 0 Å². The highest BCUT2D eigenvalue weighted by Gasteiger charge is 2.36. The van der Waals surface area contributed by atoms with E-state index in [0.717, 1.165) is 25.3 Å². The van der Waals surface area contributed by atoms with Gasteiger partial charge >= 0.3 is 6.18 Å². The summed E-state index contributed by atoms with van der Waals surface area (Å²) < 4.78 is 46.7. The molecule has 1 saturated heterocycles. The Balaban J connectivity index is 1.73. The Morgan fingerprint density at radius 2 is 1.94 bits per heavy atom. The molecule has 0 spiro atoms. The van der Waals surface area contributed by atoms with Crippen molar-refractivity contribution in [1.29, 1.82) is 0 Å². The van der Waals surface area contributed by atoms with Crippen LogP contribution in [0.4, 0.5) is 24.5 Å². The van der Waals surface area contributed by atoms with Crippen LogP contribution in [0.25, 0.3) is 0 Å². The third-order valence-corrected chi connectivity index (χ3v) is 5.38. The zero-order chi connectivity index (χ0) is 22.4. The Morgan fingerprint density at radius 3 is 2.55 bits per heavy atom. The molecule has 1 amide bonds. The van der Waals surface area contributed by atoms with Crippen molar-refractivity contribution in [2.45, 2.75) is 38.4 Å². The van der Waals surface area contributed by atoms with Crippen molar-refractivity contribution in [3.63, 3.8) is 0 Å². The highest BCUT2D eigenvalue weighted by atomic mass is 19.4. The van der Waals surface area contributed by atoms with Gasteiger partial charge in [-0.2, -0.15) is 13.2 Å². The summed E-state index contributed by atoms with van der Waals surface area (Å²) in [6, 6.07) is 10.7. The summed E-state index contributed by atoms with van der Waals surface area (Å²) in [6.07, 6.45) is -1.78. The molecule has 0 aromatic heterocycles. The molecule has 0 radical (unpaired) electrons. The first kappa shape index (κ1) is 22.9. The van der Waals surface area contributed by atoms with Gasteiger partial charge in [0.25, 0.3) is 5.91 Å². The van der Waals surface area contributed by atoms with Gasteiger partial charge in [0.1, 0.15) is 5.75 Å². The second kappa shape index (κ2) is 10.0. The summed E-state index contributed by atoms with van der Waals surface area (Å²) in [5.41, 5.74) is -0.163. The van der Waals surface area contributed by atoms with Crippen LogP contribution in [-0.4, -0.2) is 38.7 Å². The van der Waals surface area contributed by atoms with Crippen molar-refractivity contribution >= 4 is 17.3 Å². The van der Waals surface area contributed by atoms with E-state index in [4.69, 9.17) is 4.74 Å². The van der Waals surface area contributed by atoms with Crippen LogP contribution in [0.15, 0.2) is 42.5 Å². The topological polar surface area (TPSA) is 53.6 Å². The first-order valence-corrected chi connectivity index (χ1v) is 10.5. The second-order valence-corrected chi connectivity index (χ2v) is 7.63. The smallest absolute Gasteiger partial charge is 0.418 e. The molecule has 1 fully saturated rings. The number of carbonyl (C=O) groups excluding carboxylic acids is 1. The summed E-state index contributed by atoms with van der Waals surface area (Å²) >= 11 is 0. The Morgan fingerprint density at radius 1 is 1.19 bits per heavy atom. The first-order valence-electron chi connectivity index (χ1n) is 10.5. The van der Waals surface area contributed by atoms with E-state index in [9.17, 15) is 18.0 Å². The van der Waals surface area contributed by atoms with Crippen LogP contribution < -0.4 is 20.3 Å². The first-order chi connectivity index (χ1) is 14.8. The molecule has 2 aromatic rings. The maximum Gasteiger partial charge on any atom is 0.418 e. The van der Waals surface area contributed by atoms with Crippen molar-refractivity contribution in [1.82, 2.24) is 5.32 Å². The largest absolute Gasteiger partial charge is 0.494 e. The molecule has 2 aromatic carbocycles. The summed E-state index contributed by atoms with van der Waals surface area (Å²) in [7, 11) is 1.81. The molecule has 0 bridgehead atoms. The number of ether oxygens (including phenoxy) is 1. The van der Waals surface area contributed by atoms with E-state index in [0.29, 0.717) is 31.0 Å². The quantitative estimate of drug-likeness (QED) is 0.577. The number of nitrogens with one attached hydrogen (secondary N) is 2. The number of benzene rings is 2. The number of anilines is 2. The standard InChI is InChI=1S/C23H28F3N3O2/c1-3-4-13-31-19-8-5-16(6-9-19)22(30)28-17-7-10-21(20(14-17)23(24,25)26)29-12-11-18(15-29)27-2/h5-10,14,18,27H,3-4,11-13,15H2,1-2H3,(H,28,30). The third-order valence-electron chi connectivity index (χ3n) is 5.38. The molecule has 3 rings (SSSR count). The van der Waals surface area contributed by atoms with E-state index in [1.807, 2.05) is 0 Å². The summed E-state index contributed by atoms with van der Waals surface area (Å²) in [5, 5.41) is 5.68. The summed E-state index contributed by atoms with van der Waals surface area (Å²) in [4.78, 5) is 14.2. The predicted octanol–water partition coefficient (Wildman–Crippen LogP) is 4.93. The van der Waals surface area contributed by atoms with Crippen molar-refractivity contribution < 1.29 is 22.7 Å². The minimum atomic E-state index is -4.52. The SMILES string of the molecule is CCCCOc1ccc(C(=O)Nc2ccc(N3CCC(NC)C3)c(C(F)(F)F)c2)cc1. The Hall–Kier alpha value is -2.74. The zero-order valence-corrected chi connectivity index (χ0v) is 17.8. The van der Waals surface area contributed by atoms with Crippen molar-refractivity contribution in [2.24, 2.45) is 0 Å². The van der Waals surface area contributed by atoms with E-state index < -0.39 is 17.6 Å². The number of rotatable bonds is 8. The highest BCUT2D eigenvalue weighted by molar-refractivity contribution is 6.04. The minimum Gasteiger partial charge on any atom is -0.494 e. The third kappa shape index (κ3) is 5.91. The molecule has 1 unspecified atom stereocenters. The van der Waals surface area contributed by atoms with E-state index in [1.165, 1.54) is 12.1 Å². The molecule has 8 heteroatoms. The van der Waals surface area contributed by atoms with E-state index in [2.05, 4.69) is 17.6 Å². The van der Waals surface area contributed by atoms with E-state index in [1.54, 1.807) is 36.2 Å². The molecule has 0 aliphatic carbocycles. The number of carbonyl (C=O) groups is 1. The fraction of sp³-hybridized carbons (Fsp3) is 0.435. The molecule has 0 saturated carbocycles. The lowest BCUT2D eigenvalue weighted by Crippen LogP contribution is -2.30. The lowest BCUT2D eigenvalue weighted by Gasteiger charge is -2.24. The number of nitrogens with zero attached hydrogens (tertiary/aromatic N) is 1. The van der Waals surface area contributed by atoms with E-state index >= 15 is 0 Å². The normalized spacial score (nSPS) is 16.4. The van der Waals surface area contributed by atoms with Gasteiger partial charge in [-0.05, 0) is 62.4 Å². The second-order valence-electron chi connectivity index (χ2n) is 7.63. The Labute approximate surface area is 180 Å². The number of halogens is 3. The van der Waals surface area contributed by atoms with Crippen molar-refractivity contribution in [3.05, 3.63) is 53.6 Å². The fourth-order valence-corrected chi connectivity index (χ4v) is 3.57. The van der Waals surface area contributed by atoms with Crippen LogP contribution >= 0.6 is 0 Å². The maximum atomic E-state index is 13.7. The number of unbranched alkanes of at least 4 members (excludes halogenated alkanes) is 1. The average Bonchev–Trinajstić information content (AvgIpc) is 3.23. The zero-order valence-electron chi connectivity index (χ0n) is 17.8. The van der Waals surface area contributed by atoms with Crippen LogP contribution in [0.3, 0.4) is 0 Å². The summed E-state index contributed by atoms with van der Waals surface area (Å²) in [6.45, 7) is 3.73. The van der Waals surface area contributed by atoms with Crippen LogP contribution in [0.1, 0.15) is 42.1 Å². The van der Waals surface area contributed by atoms with Gasteiger partial charge in [-0.3, -0.25) is 4.79 Å². The van der Waals surface area contributed by atoms with Gasteiger partial charge in [0.2, 0.25) is 0 Å². The van der Waals surface area contributed by atoms with Crippen LogP contribution in [0, 0.1) is 0 Å². The predicted molar refractivity (Wildman–Crippen MR) is 116 cm³/mol. The molecular weight excluding hydrogens is 407 g/mol. The summed E-state index contributed by atoms with van der Waals surface area (Å²) in [5.74, 6) is 0.177. The van der Waals surface area contributed by atoms with E-state index in [-0.39, 0.29) is 17.4 Å². The van der Waals surface area contributed by atoms with Gasteiger partial charge in [-0.25, -0.2) is 0 Å². The van der Waals surface area contributed by atoms with Crippen molar-refractivity contribution in [3.8, 4) is 5.75 Å². The lowest BCUT2D eigenvalue weighted by molar-refractivity contribution is -0.137. The maximum absolute atomic E-state index is 13.7. The number of amides is 1. The highest BCUT2D eigenvalue weighted by Crippen LogP contribution is 2.39. The molecule has 1 atom stereocenters. The van der Waals surface area contributed by atoms with Crippen LogP contribution in [-0.2, 0) is 6.18 Å². The lowest BCUT2D eigenvalue weighted by atomic mass is 10.1. The van der Waals surface area contributed by atoms with Crippen molar-refractivity contribution in [2.75, 3.05) is 37.0 Å².